The van der Waals surface area contributed by atoms with Gasteiger partial charge in [-0.25, -0.2) is 8.78 Å². The molecular weight excluding hydrogens is 190 g/mol. The van der Waals surface area contributed by atoms with Crippen LogP contribution in [0.4, 0.5) is 8.78 Å². The Morgan fingerprint density at radius 3 is 2.57 bits per heavy atom. The number of benzene rings is 1. The third-order valence-electron chi connectivity index (χ3n) is 1.60. The molecule has 0 radical (unpaired) electrons. The van der Waals surface area contributed by atoms with Gasteiger partial charge in [-0.15, -0.1) is 0 Å². The van der Waals surface area contributed by atoms with E-state index in [-0.39, 0.29) is 11.3 Å². The zero-order valence-electron chi connectivity index (χ0n) is 7.88. The summed E-state index contributed by atoms with van der Waals surface area (Å²) in [5, 5.41) is 0. The van der Waals surface area contributed by atoms with Crippen LogP contribution in [0.3, 0.4) is 0 Å². The summed E-state index contributed by atoms with van der Waals surface area (Å²) in [5.74, 6) is -3.31. The van der Waals surface area contributed by atoms with E-state index in [1.807, 2.05) is 0 Å². The number of hydrogen-bond acceptors (Lipinski definition) is 2. The minimum absolute atomic E-state index is 0.136. The Balaban J connectivity index is 2.95. The lowest BCUT2D eigenvalue weighted by atomic mass is 10.1. The second kappa shape index (κ2) is 3.74. The minimum Gasteiger partial charge on any atom is -0.427 e. The summed E-state index contributed by atoms with van der Waals surface area (Å²) in [6, 6.07) is 5.32. The van der Waals surface area contributed by atoms with Gasteiger partial charge in [0, 0.05) is 19.4 Å². The van der Waals surface area contributed by atoms with E-state index in [0.717, 1.165) is 13.0 Å². The largest absolute Gasteiger partial charge is 0.427 e. The summed E-state index contributed by atoms with van der Waals surface area (Å²) in [4.78, 5) is 10.6. The van der Waals surface area contributed by atoms with Crippen LogP contribution in [-0.4, -0.2) is 5.97 Å². The van der Waals surface area contributed by atoms with Crippen molar-refractivity contribution < 1.29 is 18.3 Å². The quantitative estimate of drug-likeness (QED) is 0.542. The van der Waals surface area contributed by atoms with Crippen molar-refractivity contribution >= 4 is 5.97 Å². The zero-order chi connectivity index (χ0) is 10.8. The maximum atomic E-state index is 12.8. The molecule has 1 aromatic rings. The van der Waals surface area contributed by atoms with Crippen molar-refractivity contribution in [3.8, 4) is 5.75 Å². The van der Waals surface area contributed by atoms with E-state index in [0.29, 0.717) is 0 Å². The van der Waals surface area contributed by atoms with Gasteiger partial charge in [0.2, 0.25) is 0 Å². The van der Waals surface area contributed by atoms with Crippen LogP contribution in [0.1, 0.15) is 19.4 Å². The van der Waals surface area contributed by atoms with Crippen molar-refractivity contribution in [2.75, 3.05) is 0 Å². The number of esters is 1. The topological polar surface area (TPSA) is 26.3 Å². The van der Waals surface area contributed by atoms with E-state index in [1.165, 1.54) is 25.1 Å². The first kappa shape index (κ1) is 10.6. The maximum absolute atomic E-state index is 12.8. The van der Waals surface area contributed by atoms with Gasteiger partial charge < -0.3 is 4.74 Å². The van der Waals surface area contributed by atoms with Crippen molar-refractivity contribution in [2.24, 2.45) is 0 Å². The average molecular weight is 200 g/mol. The highest BCUT2D eigenvalue weighted by Gasteiger charge is 2.24. The number of hydrogen-bond donors (Lipinski definition) is 0. The molecule has 0 amide bonds. The number of alkyl halides is 2. The molecule has 0 N–H and O–H groups in total. The lowest BCUT2D eigenvalue weighted by Gasteiger charge is -2.11. The average Bonchev–Trinajstić information content (AvgIpc) is 2.01. The Kier molecular flexibility index (Phi) is 2.84. The van der Waals surface area contributed by atoms with Crippen LogP contribution in [0.5, 0.6) is 5.75 Å². The molecule has 0 aliphatic rings. The molecular formula is C10H10F2O2. The molecule has 0 aliphatic carbocycles. The van der Waals surface area contributed by atoms with Crippen LogP contribution in [0.2, 0.25) is 0 Å². The molecule has 0 unspecified atom stereocenters. The van der Waals surface area contributed by atoms with Crippen molar-refractivity contribution in [3.05, 3.63) is 29.8 Å². The summed E-state index contributed by atoms with van der Waals surface area (Å²) >= 11 is 0. The van der Waals surface area contributed by atoms with Gasteiger partial charge in [0.1, 0.15) is 5.75 Å². The highest BCUT2D eigenvalue weighted by molar-refractivity contribution is 5.69. The van der Waals surface area contributed by atoms with E-state index in [2.05, 4.69) is 4.74 Å². The fourth-order valence-corrected chi connectivity index (χ4v) is 0.999. The molecule has 0 aliphatic heterocycles. The molecule has 0 aromatic heterocycles. The van der Waals surface area contributed by atoms with Crippen LogP contribution in [0.15, 0.2) is 24.3 Å². The van der Waals surface area contributed by atoms with E-state index < -0.39 is 11.9 Å². The highest BCUT2D eigenvalue weighted by Crippen LogP contribution is 2.29. The van der Waals surface area contributed by atoms with Crippen molar-refractivity contribution in [1.29, 1.82) is 0 Å². The number of rotatable bonds is 2. The van der Waals surface area contributed by atoms with Gasteiger partial charge in [0.25, 0.3) is 5.92 Å². The Morgan fingerprint density at radius 1 is 1.43 bits per heavy atom. The molecule has 0 bridgehead atoms. The first-order valence-electron chi connectivity index (χ1n) is 4.06. The number of carbonyl (C=O) groups excluding carboxylic acids is 1. The molecule has 0 saturated carbocycles. The third kappa shape index (κ3) is 2.80. The fraction of sp³-hybridized carbons (Fsp3) is 0.300. The minimum atomic E-state index is -2.92. The molecule has 14 heavy (non-hydrogen) atoms. The Morgan fingerprint density at radius 2 is 2.07 bits per heavy atom. The van der Waals surface area contributed by atoms with E-state index in [4.69, 9.17) is 0 Å². The molecule has 1 rings (SSSR count). The molecule has 0 heterocycles. The van der Waals surface area contributed by atoms with Gasteiger partial charge in [0.05, 0.1) is 0 Å². The maximum Gasteiger partial charge on any atom is 0.308 e. The van der Waals surface area contributed by atoms with Crippen molar-refractivity contribution in [1.82, 2.24) is 0 Å². The summed E-state index contributed by atoms with van der Waals surface area (Å²) in [7, 11) is 0. The predicted molar refractivity (Wildman–Crippen MR) is 47.3 cm³/mol. The molecule has 1 aromatic carbocycles. The molecule has 0 saturated heterocycles. The Bertz CT molecular complexity index is 342. The number of carbonyl (C=O) groups is 1. The van der Waals surface area contributed by atoms with Gasteiger partial charge in [-0.2, -0.15) is 0 Å². The number of ether oxygens (including phenoxy) is 1. The highest BCUT2D eigenvalue weighted by atomic mass is 19.3. The zero-order valence-corrected chi connectivity index (χ0v) is 7.88. The van der Waals surface area contributed by atoms with Crippen LogP contribution in [0.25, 0.3) is 0 Å². The van der Waals surface area contributed by atoms with Crippen LogP contribution >= 0.6 is 0 Å². The Hall–Kier alpha value is -1.45. The SMILES string of the molecule is CC(=O)Oc1cccc(C(C)(F)F)c1. The van der Waals surface area contributed by atoms with Crippen LogP contribution < -0.4 is 4.74 Å². The molecule has 0 atom stereocenters. The van der Waals surface area contributed by atoms with Crippen LogP contribution in [-0.2, 0) is 10.7 Å². The summed E-state index contributed by atoms with van der Waals surface area (Å²) in [6.07, 6.45) is 0. The van der Waals surface area contributed by atoms with Crippen molar-refractivity contribution in [2.45, 2.75) is 19.8 Å². The molecule has 4 heteroatoms. The van der Waals surface area contributed by atoms with E-state index >= 15 is 0 Å². The van der Waals surface area contributed by atoms with Gasteiger partial charge in [0.15, 0.2) is 0 Å². The normalized spacial score (nSPS) is 11.1. The first-order chi connectivity index (χ1) is 6.39. The molecule has 0 spiro atoms. The molecule has 0 fully saturated rings. The van der Waals surface area contributed by atoms with Gasteiger partial charge in [-0.05, 0) is 12.1 Å². The third-order valence-corrected chi connectivity index (χ3v) is 1.60. The Labute approximate surface area is 80.5 Å². The first-order valence-corrected chi connectivity index (χ1v) is 4.06. The smallest absolute Gasteiger partial charge is 0.308 e. The van der Waals surface area contributed by atoms with Gasteiger partial charge >= 0.3 is 5.97 Å². The van der Waals surface area contributed by atoms with Gasteiger partial charge in [-0.1, -0.05) is 12.1 Å². The second-order valence-electron chi connectivity index (χ2n) is 3.01. The van der Waals surface area contributed by atoms with E-state index in [1.54, 1.807) is 0 Å². The van der Waals surface area contributed by atoms with E-state index in [9.17, 15) is 13.6 Å². The predicted octanol–water partition coefficient (Wildman–Crippen LogP) is 2.72. The van der Waals surface area contributed by atoms with Gasteiger partial charge in [-0.3, -0.25) is 4.79 Å². The number of halogens is 2. The lowest BCUT2D eigenvalue weighted by Crippen LogP contribution is -2.08. The second-order valence-corrected chi connectivity index (χ2v) is 3.01. The summed E-state index contributed by atoms with van der Waals surface area (Å²) in [6.45, 7) is 2.01. The molecule has 76 valence electrons. The fourth-order valence-electron chi connectivity index (χ4n) is 0.999. The van der Waals surface area contributed by atoms with Crippen molar-refractivity contribution in [3.63, 3.8) is 0 Å². The lowest BCUT2D eigenvalue weighted by molar-refractivity contribution is -0.131. The van der Waals surface area contributed by atoms with Crippen LogP contribution in [0, 0.1) is 0 Å². The monoisotopic (exact) mass is 200 g/mol. The standard InChI is InChI=1S/C10H10F2O2/c1-7(13)14-9-5-3-4-8(6-9)10(2,11)12/h3-6H,1-2H3. The summed E-state index contributed by atoms with van der Waals surface area (Å²) in [5.41, 5.74) is -0.170. The summed E-state index contributed by atoms with van der Waals surface area (Å²) < 4.78 is 30.3. The molecule has 2 nitrogen and oxygen atoms in total.